The maximum absolute atomic E-state index is 4.43. The molecule has 0 saturated carbocycles. The molecule has 11 aromatic heterocycles. The molecule has 15 nitrogen and oxygen atoms in total. The molecule has 0 bridgehead atoms. The predicted octanol–water partition coefficient (Wildman–Crippen LogP) is 21.9. The lowest BCUT2D eigenvalue weighted by atomic mass is 10.0. The van der Waals surface area contributed by atoms with Gasteiger partial charge in [-0.2, -0.15) is 5.10 Å². The molecule has 107 heavy (non-hydrogen) atoms. The van der Waals surface area contributed by atoms with Gasteiger partial charge in [0.1, 0.15) is 17.3 Å². The van der Waals surface area contributed by atoms with E-state index < -0.39 is 0 Å². The summed E-state index contributed by atoms with van der Waals surface area (Å²) in [5.74, 6) is 1.72. The molecule has 15 heteroatoms. The highest BCUT2D eigenvalue weighted by atomic mass is 15.3. The first-order valence-electron chi connectivity index (χ1n) is 37.1. The Morgan fingerprint density at radius 3 is 0.813 bits per heavy atom. The van der Waals surface area contributed by atoms with Gasteiger partial charge in [-0.15, -0.1) is 0 Å². The van der Waals surface area contributed by atoms with Crippen LogP contribution in [0.4, 0.5) is 0 Å². The van der Waals surface area contributed by atoms with E-state index >= 15 is 0 Å². The molecule has 11 heterocycles. The fourth-order valence-corrected chi connectivity index (χ4v) is 11.6. The lowest BCUT2D eigenvalue weighted by Crippen LogP contribution is -1.98. The Kier molecular flexibility index (Phi) is 33.5. The summed E-state index contributed by atoms with van der Waals surface area (Å²) < 4.78 is 6.16. The normalized spacial score (nSPS) is 10.3. The molecule has 0 fully saturated rings. The summed E-state index contributed by atoms with van der Waals surface area (Å²) >= 11 is 0. The van der Waals surface area contributed by atoms with Crippen LogP contribution in [0.15, 0.2) is 79.1 Å². The molecule has 0 aliphatic rings. The van der Waals surface area contributed by atoms with E-state index in [-0.39, 0.29) is 0 Å². The van der Waals surface area contributed by atoms with Crippen molar-refractivity contribution in [2.24, 2.45) is 14.1 Å². The van der Waals surface area contributed by atoms with Crippen LogP contribution in [0.2, 0.25) is 0 Å². The van der Waals surface area contributed by atoms with Gasteiger partial charge in [-0.25, -0.2) is 24.9 Å². The number of hydrogen-bond acceptors (Lipinski definition) is 12. The third-order valence-electron chi connectivity index (χ3n) is 21.6. The zero-order valence-corrected chi connectivity index (χ0v) is 72.7. The maximum Gasteiger partial charge on any atom is 0.137 e. The van der Waals surface area contributed by atoms with Crippen molar-refractivity contribution in [1.29, 1.82) is 0 Å². The number of aryl methyl sites for hydroxylation is 24. The number of pyridine rings is 5. The Morgan fingerprint density at radius 1 is 0.224 bits per heavy atom. The second kappa shape index (κ2) is 40.1. The van der Waals surface area contributed by atoms with Crippen LogP contribution in [-0.4, -0.2) is 73.6 Å². The van der Waals surface area contributed by atoms with Crippen molar-refractivity contribution in [2.45, 2.75) is 249 Å². The van der Waals surface area contributed by atoms with Crippen LogP contribution >= 0.6 is 0 Å². The largest absolute Gasteiger partial charge is 0.353 e. The van der Waals surface area contributed by atoms with Crippen LogP contribution in [-0.2, 0) is 14.1 Å². The average Bonchev–Trinajstić information content (AvgIpc) is 1.75. The summed E-state index contributed by atoms with van der Waals surface area (Å²) in [5.41, 5.74) is 43.3. The minimum atomic E-state index is 0.862. The van der Waals surface area contributed by atoms with E-state index in [1.54, 1.807) is 0 Å². The predicted molar refractivity (Wildman–Crippen MR) is 452 cm³/mol. The minimum Gasteiger partial charge on any atom is -0.353 e. The first kappa shape index (κ1) is 89.4. The quantitative estimate of drug-likeness (QED) is 0.141. The summed E-state index contributed by atoms with van der Waals surface area (Å²) in [5, 5.41) is 8.26. The van der Waals surface area contributed by atoms with Gasteiger partial charge in [-0.3, -0.25) is 34.6 Å². The third-order valence-corrected chi connectivity index (χ3v) is 21.6. The number of imidazole rings is 1. The van der Waals surface area contributed by atoms with Gasteiger partial charge in [0, 0.05) is 123 Å². The molecule has 0 aliphatic heterocycles. The van der Waals surface area contributed by atoms with E-state index in [0.29, 0.717) is 0 Å². The molecule has 570 valence electrons. The van der Waals surface area contributed by atoms with Crippen LogP contribution < -0.4 is 0 Å². The first-order valence-corrected chi connectivity index (χ1v) is 37.1. The Labute approximate surface area is 643 Å². The van der Waals surface area contributed by atoms with E-state index in [1.807, 2.05) is 144 Å². The zero-order valence-electron chi connectivity index (χ0n) is 72.7. The second-order valence-electron chi connectivity index (χ2n) is 28.7. The third kappa shape index (κ3) is 24.2. The second-order valence-corrected chi connectivity index (χ2v) is 28.7. The van der Waals surface area contributed by atoms with E-state index in [9.17, 15) is 0 Å². The average molecular weight is 1440 g/mol. The number of fused-ring (bicyclic) bond motifs is 3. The van der Waals surface area contributed by atoms with Crippen molar-refractivity contribution in [3.05, 3.63) is 283 Å². The number of rotatable bonds is 0. The van der Waals surface area contributed by atoms with Crippen LogP contribution in [0.25, 0.3) is 27.3 Å². The number of nitrogens with zero attached hydrogens (tertiary/aromatic N) is 15. The zero-order chi connectivity index (χ0) is 81.1. The number of aromatic nitrogens is 15. The van der Waals surface area contributed by atoms with Gasteiger partial charge >= 0.3 is 0 Å². The molecule has 0 atom stereocenters. The van der Waals surface area contributed by atoms with Crippen LogP contribution in [0.1, 0.15) is 203 Å². The highest BCUT2D eigenvalue weighted by molar-refractivity contribution is 5.85. The number of benzene rings is 2. The SMILES string of the molecule is Cc1c2ccccc2cn1C.Cc1c2ccccc2nn1C.Cc1nc(C)c(C)c(C)c1C.Cc1nc(C)c(C)c(C)c1C.Cc1nc(C)c(C)c(C)c1C.Cc1nc(C)c(C)c(C)c1C.Cc1nc(C)c(C)c(C)n1.Cc1nc(C)c(C)c(C)n1.Cc1nc(C)c(C)nc1C.Cc1nc2ccccn2c1C. The molecule has 0 spiro atoms. The van der Waals surface area contributed by atoms with Crippen molar-refractivity contribution in [2.75, 3.05) is 0 Å². The first-order chi connectivity index (χ1) is 49.8. The summed E-state index contributed by atoms with van der Waals surface area (Å²) in [6.45, 7) is 74.4. The molecule has 0 saturated heterocycles. The molecule has 0 unspecified atom stereocenters. The molecule has 0 amide bonds. The summed E-state index contributed by atoms with van der Waals surface area (Å²) in [4.78, 5) is 47.6. The Hall–Kier alpha value is -10.0. The lowest BCUT2D eigenvalue weighted by Gasteiger charge is -2.09. The lowest BCUT2D eigenvalue weighted by molar-refractivity contribution is 0.751. The molecule has 2 aromatic carbocycles. The van der Waals surface area contributed by atoms with Crippen molar-refractivity contribution >= 4 is 27.3 Å². The fraction of sp³-hybridized carbons (Fsp3) is 0.413. The van der Waals surface area contributed by atoms with E-state index in [0.717, 1.165) is 120 Å². The van der Waals surface area contributed by atoms with Gasteiger partial charge in [0.25, 0.3) is 0 Å². The van der Waals surface area contributed by atoms with Crippen molar-refractivity contribution in [3.8, 4) is 0 Å². The molecular weight excluding hydrogens is 1320 g/mol. The van der Waals surface area contributed by atoms with Crippen molar-refractivity contribution in [3.63, 3.8) is 0 Å². The summed E-state index contributed by atoms with van der Waals surface area (Å²) in [7, 11) is 4.05. The van der Waals surface area contributed by atoms with Gasteiger partial charge < -0.3 is 8.97 Å². The Morgan fingerprint density at radius 2 is 0.505 bits per heavy atom. The maximum atomic E-state index is 4.43. The van der Waals surface area contributed by atoms with E-state index in [2.05, 4.69) is 272 Å². The summed E-state index contributed by atoms with van der Waals surface area (Å²) in [6, 6.07) is 22.7. The van der Waals surface area contributed by atoms with Crippen LogP contribution in [0.3, 0.4) is 0 Å². The van der Waals surface area contributed by atoms with Crippen molar-refractivity contribution in [1.82, 2.24) is 73.6 Å². The van der Waals surface area contributed by atoms with Gasteiger partial charge in [0.2, 0.25) is 0 Å². The molecule has 0 radical (unpaired) electrons. The fourth-order valence-electron chi connectivity index (χ4n) is 11.6. The Bertz CT molecular complexity index is 4520. The van der Waals surface area contributed by atoms with E-state index in [4.69, 9.17) is 0 Å². The van der Waals surface area contributed by atoms with E-state index in [1.165, 1.54) is 111 Å². The van der Waals surface area contributed by atoms with Crippen LogP contribution in [0, 0.1) is 249 Å². The van der Waals surface area contributed by atoms with Gasteiger partial charge in [-0.1, -0.05) is 48.5 Å². The van der Waals surface area contributed by atoms with Gasteiger partial charge in [0.15, 0.2) is 0 Å². The topological polar surface area (TPSA) is 169 Å². The monoisotopic (exact) mass is 1440 g/mol. The van der Waals surface area contributed by atoms with Crippen LogP contribution in [0.5, 0.6) is 0 Å². The van der Waals surface area contributed by atoms with Crippen molar-refractivity contribution < 1.29 is 0 Å². The summed E-state index contributed by atoms with van der Waals surface area (Å²) in [6.07, 6.45) is 4.19. The number of hydrogen-bond donors (Lipinski definition) is 0. The highest BCUT2D eigenvalue weighted by Crippen LogP contribution is 2.23. The minimum absolute atomic E-state index is 0.862. The molecular formula is C92H127N15. The molecule has 0 aliphatic carbocycles. The van der Waals surface area contributed by atoms with Gasteiger partial charge in [-0.05, 0) is 351 Å². The highest BCUT2D eigenvalue weighted by Gasteiger charge is 2.10. The smallest absolute Gasteiger partial charge is 0.137 e. The standard InChI is InChI=1S/C10H11N.4C10H15N.2C9H10N2.3C8H12N2/c1-8-10-6-4-3-5-9(10)7-11(8)2;4*1-6-7(2)9(4)11-10(5)8(6)3;1-7-8-5-3-4-6-9(8)10-11(7)2;1-7-8(2)11-6-4-3-5-9(11)10-7;1-5-6(2)10-8(4)7(3)9-5;2*1-5-6(2)9-8(4)10-7(5)3/h3-7H,1-2H3;4*1-5H3;2*3-6H,1-2H3;3*1-4H3. The molecule has 13 rings (SSSR count). The molecule has 13 aromatic rings. The van der Waals surface area contributed by atoms with Gasteiger partial charge in [0.05, 0.1) is 34.0 Å². The molecule has 0 N–H and O–H groups in total. The Balaban J connectivity index is 0.000000251.